The first kappa shape index (κ1) is 22.4. The second kappa shape index (κ2) is 8.64. The molecule has 4 rings (SSSR count). The Balaban J connectivity index is 1.68. The molecule has 3 saturated heterocycles. The van der Waals surface area contributed by atoms with E-state index in [4.69, 9.17) is 11.6 Å². The normalized spacial score (nSPS) is 31.1. The van der Waals surface area contributed by atoms with E-state index >= 15 is 0 Å². The number of benzene rings is 1. The fraction of sp³-hybridized carbons (Fsp3) is 0.591. The smallest absolute Gasteiger partial charge is 0.248 e. The molecule has 31 heavy (non-hydrogen) atoms. The van der Waals surface area contributed by atoms with E-state index in [2.05, 4.69) is 10.6 Å². The van der Waals surface area contributed by atoms with Crippen LogP contribution in [0.5, 0.6) is 0 Å². The van der Waals surface area contributed by atoms with Crippen LogP contribution in [0.3, 0.4) is 0 Å². The lowest BCUT2D eigenvalue weighted by molar-refractivity contribution is -0.139. The molecule has 5 atom stereocenters. The minimum atomic E-state index is -0.758. The summed E-state index contributed by atoms with van der Waals surface area (Å²) in [6, 6.07) is 4.62. The highest BCUT2D eigenvalue weighted by Crippen LogP contribution is 2.66. The van der Waals surface area contributed by atoms with E-state index < -0.39 is 22.6 Å². The van der Waals surface area contributed by atoms with E-state index in [0.29, 0.717) is 23.7 Å². The fourth-order valence-corrected chi connectivity index (χ4v) is 7.94. The number of amides is 3. The van der Waals surface area contributed by atoms with Crippen LogP contribution in [0.1, 0.15) is 31.7 Å². The lowest BCUT2D eigenvalue weighted by atomic mass is 9.70. The van der Waals surface area contributed by atoms with Crippen molar-refractivity contribution in [2.24, 2.45) is 11.8 Å². The molecule has 3 N–H and O–H groups in total. The molecule has 9 heteroatoms. The maximum Gasteiger partial charge on any atom is 0.248 e. The van der Waals surface area contributed by atoms with E-state index in [1.54, 1.807) is 17.8 Å². The second-order valence-electron chi connectivity index (χ2n) is 8.52. The number of aliphatic hydroxyl groups excluding tert-OH is 1. The number of anilines is 1. The number of carbonyl (C=O) groups excluding carboxylic acids is 3. The first-order chi connectivity index (χ1) is 14.9. The molecule has 2 unspecified atom stereocenters. The van der Waals surface area contributed by atoms with Crippen molar-refractivity contribution in [2.75, 3.05) is 25.0 Å². The monoisotopic (exact) mass is 465 g/mol. The number of carbonyl (C=O) groups is 3. The molecular formula is C22H28ClN3O4S. The van der Waals surface area contributed by atoms with Gasteiger partial charge >= 0.3 is 0 Å². The predicted molar refractivity (Wildman–Crippen MR) is 121 cm³/mol. The molecule has 0 aromatic heterocycles. The molecular weight excluding hydrogens is 438 g/mol. The third kappa shape index (κ3) is 3.52. The summed E-state index contributed by atoms with van der Waals surface area (Å²) in [4.78, 5) is 41.4. The van der Waals surface area contributed by atoms with Gasteiger partial charge in [0.25, 0.3) is 0 Å². The first-order valence-corrected chi connectivity index (χ1v) is 12.0. The van der Waals surface area contributed by atoms with Gasteiger partial charge in [0.1, 0.15) is 6.04 Å². The summed E-state index contributed by atoms with van der Waals surface area (Å²) < 4.78 is -0.662. The number of hydrogen-bond acceptors (Lipinski definition) is 5. The zero-order chi connectivity index (χ0) is 22.3. The molecule has 0 aliphatic carbocycles. The highest BCUT2D eigenvalue weighted by molar-refractivity contribution is 8.02. The van der Waals surface area contributed by atoms with Crippen molar-refractivity contribution in [2.45, 2.75) is 49.1 Å². The summed E-state index contributed by atoms with van der Waals surface area (Å²) in [5, 5.41) is 16.0. The van der Waals surface area contributed by atoms with Gasteiger partial charge in [0.15, 0.2) is 0 Å². The van der Waals surface area contributed by atoms with Crippen LogP contribution in [0.2, 0.25) is 5.02 Å². The average molecular weight is 466 g/mol. The predicted octanol–water partition coefficient (Wildman–Crippen LogP) is 2.20. The molecule has 1 aromatic carbocycles. The molecule has 7 nitrogen and oxygen atoms in total. The number of fused-ring (bicyclic) bond motifs is 1. The number of β-amino-alcohol motifs (C(OH)–C–C–N with tert-alkyl or cyclic N) is 1. The lowest BCUT2D eigenvalue weighted by Crippen LogP contribution is -2.52. The van der Waals surface area contributed by atoms with Crippen molar-refractivity contribution >= 4 is 46.8 Å². The van der Waals surface area contributed by atoms with Crippen LogP contribution in [0.25, 0.3) is 0 Å². The summed E-state index contributed by atoms with van der Waals surface area (Å²) >= 11 is 7.92. The molecule has 3 fully saturated rings. The van der Waals surface area contributed by atoms with E-state index in [-0.39, 0.29) is 36.1 Å². The molecule has 0 saturated carbocycles. The Bertz CT molecular complexity index is 892. The topological polar surface area (TPSA) is 98.7 Å². The van der Waals surface area contributed by atoms with Crippen molar-refractivity contribution in [3.05, 3.63) is 28.8 Å². The number of thioether (sulfide) groups is 1. The lowest BCUT2D eigenvalue weighted by Gasteiger charge is -2.34. The number of para-hydroxylation sites is 1. The number of likely N-dealkylation sites (tertiary alicyclic amines) is 1. The number of nitrogens with one attached hydrogen (secondary N) is 2. The summed E-state index contributed by atoms with van der Waals surface area (Å²) in [5.74, 6) is -1.63. The number of nitrogens with zero attached hydrogens (tertiary/aromatic N) is 1. The van der Waals surface area contributed by atoms with Gasteiger partial charge in [-0.05, 0) is 37.8 Å². The largest absolute Gasteiger partial charge is 0.395 e. The van der Waals surface area contributed by atoms with E-state index in [9.17, 15) is 19.5 Å². The maximum atomic E-state index is 13.6. The van der Waals surface area contributed by atoms with Crippen LogP contribution < -0.4 is 10.6 Å². The molecule has 3 amide bonds. The van der Waals surface area contributed by atoms with E-state index in [1.807, 2.05) is 26.0 Å². The Morgan fingerprint density at radius 1 is 1.35 bits per heavy atom. The molecule has 3 aliphatic rings. The number of halogens is 1. The van der Waals surface area contributed by atoms with Crippen LogP contribution in [-0.2, 0) is 14.4 Å². The Morgan fingerprint density at radius 2 is 2.13 bits per heavy atom. The maximum absolute atomic E-state index is 13.6. The molecule has 168 valence electrons. The standard InChI is InChI=1S/C22H28ClN3O4S/c1-3-9-24-19(28)15-14-7-8-22(31-14)16(15)21(30)26(10-11-27)18(22)20(29)25-17-12(2)5-4-6-13(17)23/h4-6,14-16,18,27H,3,7-11H2,1-2H3,(H,24,28)(H,25,29)/t14-,15+,16-,18?,22?/m0/s1. The molecule has 1 aromatic rings. The number of aliphatic hydroxyl groups is 1. The van der Waals surface area contributed by atoms with Gasteiger partial charge in [-0.3, -0.25) is 14.4 Å². The third-order valence-corrected chi connectivity index (χ3v) is 8.98. The number of hydrogen-bond donors (Lipinski definition) is 3. The summed E-state index contributed by atoms with van der Waals surface area (Å²) in [6.45, 7) is 4.22. The minimum Gasteiger partial charge on any atom is -0.395 e. The van der Waals surface area contributed by atoms with Crippen molar-refractivity contribution in [3.63, 3.8) is 0 Å². The second-order valence-corrected chi connectivity index (χ2v) is 10.5. The van der Waals surface area contributed by atoms with Gasteiger partial charge in [-0.25, -0.2) is 0 Å². The van der Waals surface area contributed by atoms with E-state index in [1.165, 1.54) is 4.90 Å². The Hall–Kier alpha value is -1.77. The first-order valence-electron chi connectivity index (χ1n) is 10.8. The minimum absolute atomic E-state index is 0.0273. The SMILES string of the molecule is CCCNC(=O)[C@@H]1[C@@H]2CCC3(S2)C(C(=O)Nc2c(C)cccc2Cl)N(CCO)C(=O)[C@H]13. The molecule has 2 bridgehead atoms. The average Bonchev–Trinajstić information content (AvgIpc) is 3.37. The number of rotatable bonds is 7. The zero-order valence-corrected chi connectivity index (χ0v) is 19.3. The van der Waals surface area contributed by atoms with Crippen LogP contribution >= 0.6 is 23.4 Å². The van der Waals surface area contributed by atoms with Crippen molar-refractivity contribution in [1.29, 1.82) is 0 Å². The molecule has 0 radical (unpaired) electrons. The number of aryl methyl sites for hydroxylation is 1. The Kier molecular flexibility index (Phi) is 6.25. The zero-order valence-electron chi connectivity index (χ0n) is 17.7. The molecule has 3 aliphatic heterocycles. The molecule has 1 spiro atoms. The van der Waals surface area contributed by atoms with Gasteiger partial charge in [-0.1, -0.05) is 30.7 Å². The van der Waals surface area contributed by atoms with E-state index in [0.717, 1.165) is 18.4 Å². The summed E-state index contributed by atoms with van der Waals surface area (Å²) in [6.07, 6.45) is 2.30. The van der Waals surface area contributed by atoms with Gasteiger partial charge in [0, 0.05) is 18.3 Å². The quantitative estimate of drug-likeness (QED) is 0.573. The van der Waals surface area contributed by atoms with Crippen molar-refractivity contribution in [1.82, 2.24) is 10.2 Å². The van der Waals surface area contributed by atoms with Gasteiger partial charge in [0.2, 0.25) is 17.7 Å². The van der Waals surface area contributed by atoms with Gasteiger partial charge in [-0.15, -0.1) is 11.8 Å². The fourth-order valence-electron chi connectivity index (χ4n) is 5.45. The van der Waals surface area contributed by atoms with Crippen molar-refractivity contribution in [3.8, 4) is 0 Å². The highest BCUT2D eigenvalue weighted by atomic mass is 35.5. The van der Waals surface area contributed by atoms with Crippen LogP contribution in [0, 0.1) is 18.8 Å². The Labute approximate surface area is 191 Å². The van der Waals surface area contributed by atoms with Gasteiger partial charge in [0.05, 0.1) is 33.9 Å². The summed E-state index contributed by atoms with van der Waals surface area (Å²) in [5.41, 5.74) is 1.35. The van der Waals surface area contributed by atoms with Gasteiger partial charge < -0.3 is 20.6 Å². The molecule has 3 heterocycles. The summed E-state index contributed by atoms with van der Waals surface area (Å²) in [7, 11) is 0. The van der Waals surface area contributed by atoms with Crippen molar-refractivity contribution < 1.29 is 19.5 Å². The van der Waals surface area contributed by atoms with Crippen LogP contribution in [0.15, 0.2) is 18.2 Å². The third-order valence-electron chi connectivity index (χ3n) is 6.71. The van der Waals surface area contributed by atoms with Crippen LogP contribution in [0.4, 0.5) is 5.69 Å². The van der Waals surface area contributed by atoms with Crippen LogP contribution in [-0.4, -0.2) is 63.5 Å². The van der Waals surface area contributed by atoms with Gasteiger partial charge in [-0.2, -0.15) is 0 Å². The Morgan fingerprint density at radius 3 is 2.81 bits per heavy atom. The highest BCUT2D eigenvalue weighted by Gasteiger charge is 2.73.